The van der Waals surface area contributed by atoms with Crippen molar-refractivity contribution in [2.24, 2.45) is 17.8 Å². The van der Waals surface area contributed by atoms with E-state index in [0.717, 1.165) is 42.9 Å². The number of carbonyl (C=O) groups excluding carboxylic acids is 1. The van der Waals surface area contributed by atoms with E-state index in [9.17, 15) is 4.79 Å². The molecular weight excluding hydrogens is 372 g/mol. The Morgan fingerprint density at radius 1 is 1.00 bits per heavy atom. The van der Waals surface area contributed by atoms with Crippen molar-refractivity contribution in [2.45, 2.75) is 95.7 Å². The molecular formula is C26H38N2O2. The number of benzene rings is 1. The van der Waals surface area contributed by atoms with E-state index < -0.39 is 0 Å². The minimum absolute atomic E-state index is 0.0755. The van der Waals surface area contributed by atoms with Gasteiger partial charge >= 0.3 is 6.03 Å². The normalized spacial score (nSPS) is 32.8. The zero-order valence-corrected chi connectivity index (χ0v) is 18.6. The lowest BCUT2D eigenvalue weighted by Crippen LogP contribution is -2.63. The van der Waals surface area contributed by atoms with Crippen molar-refractivity contribution in [1.29, 1.82) is 0 Å². The fraction of sp³-hybridized carbons (Fsp3) is 0.731. The molecule has 0 saturated heterocycles. The summed E-state index contributed by atoms with van der Waals surface area (Å²) in [5.74, 6) is 3.42. The Kier molecular flexibility index (Phi) is 5.68. The summed E-state index contributed by atoms with van der Waals surface area (Å²) in [4.78, 5) is 16.0. The Bertz CT molecular complexity index is 703. The van der Waals surface area contributed by atoms with Crippen molar-refractivity contribution >= 4 is 6.03 Å². The van der Waals surface area contributed by atoms with Gasteiger partial charge in [0.15, 0.2) is 0 Å². The topological polar surface area (TPSA) is 41.6 Å². The number of ether oxygens (including phenoxy) is 1. The summed E-state index contributed by atoms with van der Waals surface area (Å²) < 4.78 is 5.62. The van der Waals surface area contributed by atoms with Gasteiger partial charge in [0.2, 0.25) is 0 Å². The first-order valence-corrected chi connectivity index (χ1v) is 12.4. The molecule has 5 aliphatic rings. The van der Waals surface area contributed by atoms with Gasteiger partial charge in [-0.3, -0.25) is 0 Å². The molecule has 0 radical (unpaired) electrons. The van der Waals surface area contributed by atoms with Crippen LogP contribution in [-0.2, 0) is 6.54 Å². The van der Waals surface area contributed by atoms with Crippen molar-refractivity contribution in [3.8, 4) is 5.75 Å². The van der Waals surface area contributed by atoms with E-state index in [4.69, 9.17) is 4.74 Å². The Hall–Kier alpha value is -1.71. The Morgan fingerprint density at radius 2 is 1.60 bits per heavy atom. The van der Waals surface area contributed by atoms with Crippen LogP contribution in [0, 0.1) is 17.8 Å². The number of carbonyl (C=O) groups is 1. The standard InChI is InChI=1S/C26H38N2O2/c1-2-30-24-10-8-19(9-11-24)18-28(25(29)27-23-6-4-3-5-7-23)26-15-20-12-21(16-26)14-22(13-20)17-26/h8-11,20-23H,2-7,12-18H2,1H3,(H,27,29). The van der Waals surface area contributed by atoms with E-state index in [2.05, 4.69) is 34.5 Å². The highest BCUT2D eigenvalue weighted by Crippen LogP contribution is 2.58. The molecule has 4 bridgehead atoms. The molecule has 0 aromatic heterocycles. The molecule has 0 unspecified atom stereocenters. The van der Waals surface area contributed by atoms with Crippen LogP contribution in [0.25, 0.3) is 0 Å². The molecule has 5 aliphatic carbocycles. The Morgan fingerprint density at radius 3 is 2.17 bits per heavy atom. The largest absolute Gasteiger partial charge is 0.494 e. The Labute approximate surface area is 181 Å². The van der Waals surface area contributed by atoms with Crippen LogP contribution < -0.4 is 10.1 Å². The van der Waals surface area contributed by atoms with Crippen LogP contribution in [-0.4, -0.2) is 29.1 Å². The molecule has 1 N–H and O–H groups in total. The molecule has 5 saturated carbocycles. The number of rotatable bonds is 6. The summed E-state index contributed by atoms with van der Waals surface area (Å²) in [5, 5.41) is 3.46. The summed E-state index contributed by atoms with van der Waals surface area (Å²) in [7, 11) is 0. The van der Waals surface area contributed by atoms with Crippen molar-refractivity contribution in [3.63, 3.8) is 0 Å². The van der Waals surface area contributed by atoms with Crippen molar-refractivity contribution in [3.05, 3.63) is 29.8 Å². The first-order chi connectivity index (χ1) is 14.6. The lowest BCUT2D eigenvalue weighted by atomic mass is 9.52. The van der Waals surface area contributed by atoms with Gasteiger partial charge < -0.3 is 15.0 Å². The molecule has 1 aromatic carbocycles. The molecule has 4 heteroatoms. The minimum atomic E-state index is 0.0755. The average molecular weight is 411 g/mol. The number of hydrogen-bond acceptors (Lipinski definition) is 2. The third-order valence-corrected chi connectivity index (χ3v) is 8.33. The molecule has 5 fully saturated rings. The summed E-state index contributed by atoms with van der Waals surface area (Å²) in [6, 6.07) is 8.95. The SMILES string of the molecule is CCOc1ccc(CN(C(=O)NC2CCCCC2)C23CC4CC(CC(C4)C2)C3)cc1. The smallest absolute Gasteiger partial charge is 0.318 e. The van der Waals surface area contributed by atoms with Gasteiger partial charge in [0, 0.05) is 18.1 Å². The quantitative estimate of drug-likeness (QED) is 0.634. The van der Waals surface area contributed by atoms with Gasteiger partial charge in [0.25, 0.3) is 0 Å². The van der Waals surface area contributed by atoms with Crippen molar-refractivity contribution < 1.29 is 9.53 Å². The molecule has 6 rings (SSSR count). The second-order valence-corrected chi connectivity index (χ2v) is 10.6. The van der Waals surface area contributed by atoms with Crippen molar-refractivity contribution in [2.75, 3.05) is 6.61 Å². The minimum Gasteiger partial charge on any atom is -0.494 e. The molecule has 164 valence electrons. The van der Waals surface area contributed by atoms with E-state index >= 15 is 0 Å². The van der Waals surface area contributed by atoms with Crippen LogP contribution in [0.4, 0.5) is 4.79 Å². The average Bonchev–Trinajstić information content (AvgIpc) is 2.73. The maximum absolute atomic E-state index is 13.7. The van der Waals surface area contributed by atoms with Crippen LogP contribution in [0.1, 0.15) is 83.1 Å². The van der Waals surface area contributed by atoms with Crippen LogP contribution in [0.5, 0.6) is 5.75 Å². The summed E-state index contributed by atoms with van der Waals surface area (Å²) >= 11 is 0. The predicted octanol–water partition coefficient (Wildman–Crippen LogP) is 5.90. The first kappa shape index (κ1) is 20.2. The van der Waals surface area contributed by atoms with Crippen LogP contribution in [0.15, 0.2) is 24.3 Å². The van der Waals surface area contributed by atoms with Gasteiger partial charge in [-0.2, -0.15) is 0 Å². The van der Waals surface area contributed by atoms with Crippen LogP contribution in [0.3, 0.4) is 0 Å². The third kappa shape index (κ3) is 4.07. The third-order valence-electron chi connectivity index (χ3n) is 8.33. The van der Waals surface area contributed by atoms with Gasteiger partial charge in [-0.05, 0) is 93.7 Å². The summed E-state index contributed by atoms with van der Waals surface area (Å²) in [6.07, 6.45) is 14.0. The maximum atomic E-state index is 13.7. The van der Waals surface area contributed by atoms with E-state index in [1.54, 1.807) is 0 Å². The van der Waals surface area contributed by atoms with Gasteiger partial charge in [0.1, 0.15) is 5.75 Å². The lowest BCUT2D eigenvalue weighted by Gasteiger charge is -2.60. The van der Waals surface area contributed by atoms with Crippen LogP contribution >= 0.6 is 0 Å². The number of amides is 2. The van der Waals surface area contributed by atoms with Gasteiger partial charge in [-0.15, -0.1) is 0 Å². The van der Waals surface area contributed by atoms with Crippen molar-refractivity contribution in [1.82, 2.24) is 10.2 Å². The van der Waals surface area contributed by atoms with E-state index in [0.29, 0.717) is 12.6 Å². The second-order valence-electron chi connectivity index (χ2n) is 10.6. The second kappa shape index (κ2) is 8.43. The van der Waals surface area contributed by atoms with E-state index in [1.807, 2.05) is 6.92 Å². The molecule has 0 spiro atoms. The zero-order chi connectivity index (χ0) is 20.6. The number of nitrogens with zero attached hydrogens (tertiary/aromatic N) is 1. The van der Waals surface area contributed by atoms with Gasteiger partial charge in [0.05, 0.1) is 6.61 Å². The zero-order valence-electron chi connectivity index (χ0n) is 18.6. The fourth-order valence-corrected chi connectivity index (χ4v) is 7.39. The van der Waals surface area contributed by atoms with E-state index in [-0.39, 0.29) is 11.6 Å². The monoisotopic (exact) mass is 410 g/mol. The van der Waals surface area contributed by atoms with Crippen LogP contribution in [0.2, 0.25) is 0 Å². The number of urea groups is 1. The molecule has 2 amide bonds. The Balaban J connectivity index is 1.38. The van der Waals surface area contributed by atoms with Gasteiger partial charge in [-0.25, -0.2) is 4.79 Å². The highest BCUT2D eigenvalue weighted by Gasteiger charge is 2.54. The lowest BCUT2D eigenvalue weighted by molar-refractivity contribution is -0.0735. The first-order valence-electron chi connectivity index (χ1n) is 12.4. The maximum Gasteiger partial charge on any atom is 0.318 e. The molecule has 0 atom stereocenters. The fourth-order valence-electron chi connectivity index (χ4n) is 7.39. The summed E-state index contributed by atoms with van der Waals surface area (Å²) in [5.41, 5.74) is 1.29. The molecule has 0 heterocycles. The highest BCUT2D eigenvalue weighted by molar-refractivity contribution is 5.75. The van der Waals surface area contributed by atoms with Gasteiger partial charge in [-0.1, -0.05) is 31.4 Å². The molecule has 1 aromatic rings. The molecule has 0 aliphatic heterocycles. The number of nitrogens with one attached hydrogen (secondary N) is 1. The molecule has 4 nitrogen and oxygen atoms in total. The van der Waals surface area contributed by atoms with E-state index in [1.165, 1.54) is 63.4 Å². The molecule has 30 heavy (non-hydrogen) atoms. The highest BCUT2D eigenvalue weighted by atomic mass is 16.5. The summed E-state index contributed by atoms with van der Waals surface area (Å²) in [6.45, 7) is 3.41. The number of hydrogen-bond donors (Lipinski definition) is 1. The predicted molar refractivity (Wildman–Crippen MR) is 119 cm³/mol.